The van der Waals surface area contributed by atoms with Gasteiger partial charge in [0, 0.05) is 0 Å². The number of carboxylic acids is 1. The summed E-state index contributed by atoms with van der Waals surface area (Å²) in [6.45, 7) is 2.10. The van der Waals surface area contributed by atoms with Crippen LogP contribution in [0.15, 0.2) is 0 Å². The molecule has 1 aromatic rings. The maximum Gasteiger partial charge on any atom is 0.320 e. The number of aromatic amines is 1. The number of hydrogen-bond acceptors (Lipinski definition) is 5. The molecule has 0 aliphatic carbocycles. The van der Waals surface area contributed by atoms with Crippen molar-refractivity contribution >= 4 is 5.97 Å². The molecule has 1 aromatic heterocycles. The maximum atomic E-state index is 10.6. The molecule has 0 aliphatic heterocycles. The first kappa shape index (κ1) is 9.59. The van der Waals surface area contributed by atoms with E-state index in [1.807, 2.05) is 0 Å². The number of hydrogen-bond donors (Lipinski definition) is 3. The minimum Gasteiger partial charge on any atom is -0.480 e. The second-order valence-corrected chi connectivity index (χ2v) is 2.51. The Kier molecular flexibility index (Phi) is 3.32. The third-order valence-corrected chi connectivity index (χ3v) is 1.60. The van der Waals surface area contributed by atoms with Crippen molar-refractivity contribution in [3.05, 3.63) is 5.82 Å². The first-order valence-electron chi connectivity index (χ1n) is 3.92. The second kappa shape index (κ2) is 4.51. The van der Waals surface area contributed by atoms with E-state index in [1.54, 1.807) is 6.92 Å². The molecule has 0 bridgehead atoms. The summed E-state index contributed by atoms with van der Waals surface area (Å²) in [5.74, 6) is -0.411. The second-order valence-electron chi connectivity index (χ2n) is 2.51. The molecule has 0 aromatic carbocycles. The number of carbonyl (C=O) groups is 1. The van der Waals surface area contributed by atoms with Crippen LogP contribution in [0, 0.1) is 0 Å². The van der Waals surface area contributed by atoms with Crippen molar-refractivity contribution in [2.75, 3.05) is 0 Å². The summed E-state index contributed by atoms with van der Waals surface area (Å²) in [7, 11) is 0. The minimum absolute atomic E-state index is 0.307. The van der Waals surface area contributed by atoms with Crippen molar-refractivity contribution in [2.45, 2.75) is 25.9 Å². The van der Waals surface area contributed by atoms with Crippen LogP contribution in [0.5, 0.6) is 0 Å². The van der Waals surface area contributed by atoms with Crippen LogP contribution in [-0.2, 0) is 11.3 Å². The molecule has 1 rings (SSSR count). The van der Waals surface area contributed by atoms with Crippen molar-refractivity contribution in [1.82, 2.24) is 25.9 Å². The summed E-state index contributed by atoms with van der Waals surface area (Å²) < 4.78 is 0. The van der Waals surface area contributed by atoms with Crippen LogP contribution in [0.3, 0.4) is 0 Å². The number of aromatic nitrogens is 4. The molecule has 0 aliphatic rings. The van der Waals surface area contributed by atoms with Gasteiger partial charge in [-0.3, -0.25) is 10.1 Å². The fraction of sp³-hybridized carbons (Fsp3) is 0.667. The van der Waals surface area contributed by atoms with Crippen molar-refractivity contribution < 1.29 is 9.90 Å². The quantitative estimate of drug-likeness (QED) is 0.552. The summed E-state index contributed by atoms with van der Waals surface area (Å²) in [6.07, 6.45) is 0.521. The van der Waals surface area contributed by atoms with Gasteiger partial charge in [-0.25, -0.2) is 0 Å². The summed E-state index contributed by atoms with van der Waals surface area (Å²) in [5.41, 5.74) is 0. The van der Waals surface area contributed by atoms with Crippen LogP contribution in [0.25, 0.3) is 0 Å². The van der Waals surface area contributed by atoms with Crippen LogP contribution >= 0.6 is 0 Å². The molecule has 1 heterocycles. The fourth-order valence-electron chi connectivity index (χ4n) is 0.878. The van der Waals surface area contributed by atoms with Crippen LogP contribution in [0.2, 0.25) is 0 Å². The van der Waals surface area contributed by atoms with E-state index >= 15 is 0 Å². The van der Waals surface area contributed by atoms with Gasteiger partial charge in [0.25, 0.3) is 0 Å². The van der Waals surface area contributed by atoms with Crippen LogP contribution in [0.1, 0.15) is 19.2 Å². The number of rotatable bonds is 5. The Bertz CT molecular complexity index is 260. The lowest BCUT2D eigenvalue weighted by atomic mass is 10.2. The molecule has 7 heteroatoms. The lowest BCUT2D eigenvalue weighted by Gasteiger charge is -2.09. The molecule has 0 fully saturated rings. The molecule has 13 heavy (non-hydrogen) atoms. The van der Waals surface area contributed by atoms with Crippen LogP contribution < -0.4 is 5.32 Å². The van der Waals surface area contributed by atoms with E-state index in [4.69, 9.17) is 5.11 Å². The highest BCUT2D eigenvalue weighted by Gasteiger charge is 2.14. The molecule has 0 radical (unpaired) electrons. The first-order chi connectivity index (χ1) is 6.24. The molecule has 72 valence electrons. The first-order valence-corrected chi connectivity index (χ1v) is 3.92. The average Bonchev–Trinajstić information content (AvgIpc) is 2.57. The van der Waals surface area contributed by atoms with E-state index in [1.165, 1.54) is 0 Å². The molecular weight excluding hydrogens is 174 g/mol. The molecule has 1 unspecified atom stereocenters. The van der Waals surface area contributed by atoms with Gasteiger partial charge in [0.2, 0.25) is 0 Å². The summed E-state index contributed by atoms with van der Waals surface area (Å²) in [6, 6.07) is -0.557. The average molecular weight is 185 g/mol. The van der Waals surface area contributed by atoms with Gasteiger partial charge >= 0.3 is 5.97 Å². The Hall–Kier alpha value is -1.50. The highest BCUT2D eigenvalue weighted by molar-refractivity contribution is 5.73. The molecule has 3 N–H and O–H groups in total. The van der Waals surface area contributed by atoms with E-state index in [2.05, 4.69) is 25.9 Å². The third-order valence-electron chi connectivity index (χ3n) is 1.60. The Morgan fingerprint density at radius 3 is 3.00 bits per heavy atom. The summed E-state index contributed by atoms with van der Waals surface area (Å²) >= 11 is 0. The van der Waals surface area contributed by atoms with Gasteiger partial charge < -0.3 is 5.11 Å². The van der Waals surface area contributed by atoms with E-state index in [0.29, 0.717) is 18.8 Å². The van der Waals surface area contributed by atoms with E-state index in [0.717, 1.165) is 0 Å². The van der Waals surface area contributed by atoms with Crippen molar-refractivity contribution in [3.8, 4) is 0 Å². The number of carboxylic acid groups (broad SMARTS) is 1. The van der Waals surface area contributed by atoms with Gasteiger partial charge in [0.05, 0.1) is 6.54 Å². The molecule has 7 nitrogen and oxygen atoms in total. The number of H-pyrrole nitrogens is 1. The van der Waals surface area contributed by atoms with Gasteiger partial charge in [-0.1, -0.05) is 12.1 Å². The van der Waals surface area contributed by atoms with Gasteiger partial charge in [-0.15, -0.1) is 10.2 Å². The zero-order chi connectivity index (χ0) is 9.68. The lowest BCUT2D eigenvalue weighted by Crippen LogP contribution is -2.35. The zero-order valence-electron chi connectivity index (χ0n) is 7.19. The van der Waals surface area contributed by atoms with Crippen LogP contribution in [0.4, 0.5) is 0 Å². The van der Waals surface area contributed by atoms with E-state index in [9.17, 15) is 4.79 Å². The molecule has 0 saturated heterocycles. The Morgan fingerprint density at radius 2 is 2.54 bits per heavy atom. The fourth-order valence-corrected chi connectivity index (χ4v) is 0.878. The van der Waals surface area contributed by atoms with Crippen LogP contribution in [-0.4, -0.2) is 37.7 Å². The summed E-state index contributed by atoms with van der Waals surface area (Å²) in [5, 5.41) is 24.5. The number of nitrogens with one attached hydrogen (secondary N) is 2. The Balaban J connectivity index is 2.36. The molecule has 0 amide bonds. The number of tetrazole rings is 1. The van der Waals surface area contributed by atoms with Gasteiger partial charge in [-0.2, -0.15) is 5.21 Å². The van der Waals surface area contributed by atoms with Gasteiger partial charge in [0.1, 0.15) is 6.04 Å². The normalized spacial score (nSPS) is 12.7. The molecule has 1 atom stereocenters. The standard InChI is InChI=1S/C6H11N5O2/c1-2-4(6(12)13)7-3-5-8-10-11-9-5/h4,7H,2-3H2,1H3,(H,12,13)(H,8,9,10,11). The monoisotopic (exact) mass is 185 g/mol. The highest BCUT2D eigenvalue weighted by Crippen LogP contribution is 1.92. The highest BCUT2D eigenvalue weighted by atomic mass is 16.4. The van der Waals surface area contributed by atoms with Crippen molar-refractivity contribution in [2.24, 2.45) is 0 Å². The Labute approximate surface area is 74.5 Å². The molecule has 0 saturated carbocycles. The Morgan fingerprint density at radius 1 is 1.77 bits per heavy atom. The topological polar surface area (TPSA) is 104 Å². The zero-order valence-corrected chi connectivity index (χ0v) is 7.19. The predicted molar refractivity (Wildman–Crippen MR) is 42.7 cm³/mol. The number of nitrogens with zero attached hydrogens (tertiary/aromatic N) is 3. The maximum absolute atomic E-state index is 10.6. The SMILES string of the molecule is CCC(NCc1nn[nH]n1)C(=O)O. The molecular formula is C6H11N5O2. The minimum atomic E-state index is -0.869. The van der Waals surface area contributed by atoms with E-state index < -0.39 is 12.0 Å². The summed E-state index contributed by atoms with van der Waals surface area (Å²) in [4.78, 5) is 10.6. The largest absolute Gasteiger partial charge is 0.480 e. The van der Waals surface area contributed by atoms with Gasteiger partial charge in [-0.05, 0) is 6.42 Å². The predicted octanol–water partition coefficient (Wildman–Crippen LogP) is -0.848. The van der Waals surface area contributed by atoms with E-state index in [-0.39, 0.29) is 0 Å². The lowest BCUT2D eigenvalue weighted by molar-refractivity contribution is -0.139. The third kappa shape index (κ3) is 2.79. The van der Waals surface area contributed by atoms with Crippen molar-refractivity contribution in [3.63, 3.8) is 0 Å². The smallest absolute Gasteiger partial charge is 0.320 e. The van der Waals surface area contributed by atoms with Crippen molar-refractivity contribution in [1.29, 1.82) is 0 Å². The van der Waals surface area contributed by atoms with Gasteiger partial charge in [0.15, 0.2) is 5.82 Å². The molecule has 0 spiro atoms. The number of aliphatic carboxylic acids is 1.